The van der Waals surface area contributed by atoms with Crippen LogP contribution >= 0.6 is 11.8 Å². The van der Waals surface area contributed by atoms with E-state index in [1.807, 2.05) is 30.5 Å². The lowest BCUT2D eigenvalue weighted by atomic mass is 10.2. The molecule has 0 bridgehead atoms. The van der Waals surface area contributed by atoms with E-state index < -0.39 is 0 Å². The monoisotopic (exact) mass is 230 g/mol. The number of aliphatic hydroxyl groups is 1. The molecule has 0 unspecified atom stereocenters. The van der Waals surface area contributed by atoms with Crippen molar-refractivity contribution in [3.63, 3.8) is 0 Å². The van der Waals surface area contributed by atoms with Crippen LogP contribution in [0.25, 0.3) is 0 Å². The van der Waals surface area contributed by atoms with Gasteiger partial charge in [0.1, 0.15) is 0 Å². The minimum Gasteiger partial charge on any atom is -0.396 e. The van der Waals surface area contributed by atoms with Gasteiger partial charge in [-0.25, -0.2) is 0 Å². The molecule has 1 aromatic rings. The maximum atomic E-state index is 8.56. The van der Waals surface area contributed by atoms with Crippen LogP contribution in [0.3, 0.4) is 0 Å². The van der Waals surface area contributed by atoms with Crippen molar-refractivity contribution >= 4 is 11.8 Å². The lowest BCUT2D eigenvalue weighted by molar-refractivity contribution is 0.290. The van der Waals surface area contributed by atoms with Gasteiger partial charge in [-0.1, -0.05) is 24.0 Å². The number of thioether (sulfide) groups is 1. The molecule has 0 heterocycles. The van der Waals surface area contributed by atoms with Crippen molar-refractivity contribution in [3.8, 4) is 23.7 Å². The van der Waals surface area contributed by atoms with Gasteiger partial charge >= 0.3 is 0 Å². The first-order valence-electron chi connectivity index (χ1n) is 5.11. The van der Waals surface area contributed by atoms with Crippen molar-refractivity contribution < 1.29 is 5.11 Å². The van der Waals surface area contributed by atoms with Crippen LogP contribution in [0.2, 0.25) is 0 Å². The van der Waals surface area contributed by atoms with E-state index in [4.69, 9.17) is 5.11 Å². The summed E-state index contributed by atoms with van der Waals surface area (Å²) in [5.41, 5.74) is 1.02. The fourth-order valence-electron chi connectivity index (χ4n) is 1.12. The highest BCUT2D eigenvalue weighted by Gasteiger charge is 1.94. The van der Waals surface area contributed by atoms with E-state index in [-0.39, 0.29) is 6.61 Å². The van der Waals surface area contributed by atoms with E-state index in [0.29, 0.717) is 6.42 Å². The Balaban J connectivity index is 2.64. The summed E-state index contributed by atoms with van der Waals surface area (Å²) in [5.74, 6) is 11.6. The summed E-state index contributed by atoms with van der Waals surface area (Å²) in [6, 6.07) is 8.02. The zero-order chi connectivity index (χ0) is 11.6. The summed E-state index contributed by atoms with van der Waals surface area (Å²) < 4.78 is 0. The zero-order valence-electron chi connectivity index (χ0n) is 9.29. The first kappa shape index (κ1) is 12.7. The van der Waals surface area contributed by atoms with Crippen LogP contribution in [-0.4, -0.2) is 18.0 Å². The van der Waals surface area contributed by atoms with Crippen LogP contribution in [-0.2, 0) is 0 Å². The molecule has 0 radical (unpaired) electrons. The molecule has 0 aliphatic heterocycles. The van der Waals surface area contributed by atoms with Gasteiger partial charge in [-0.05, 0) is 36.7 Å². The van der Waals surface area contributed by atoms with Crippen LogP contribution in [0, 0.1) is 23.7 Å². The van der Waals surface area contributed by atoms with Gasteiger partial charge in [-0.2, -0.15) is 0 Å². The van der Waals surface area contributed by atoms with E-state index in [9.17, 15) is 0 Å². The number of unbranched alkanes of at least 4 members (excludes halogenated alkanes) is 1. The molecule has 1 rings (SSSR count). The molecule has 0 aliphatic carbocycles. The van der Waals surface area contributed by atoms with E-state index in [1.54, 1.807) is 11.8 Å². The van der Waals surface area contributed by atoms with Crippen molar-refractivity contribution in [2.24, 2.45) is 0 Å². The van der Waals surface area contributed by atoms with E-state index in [0.717, 1.165) is 12.0 Å². The second-order valence-corrected chi connectivity index (χ2v) is 3.93. The largest absolute Gasteiger partial charge is 0.396 e. The molecule has 1 aromatic carbocycles. The Labute approximate surface area is 101 Å². The van der Waals surface area contributed by atoms with Crippen LogP contribution in [0.15, 0.2) is 29.2 Å². The Morgan fingerprint density at radius 3 is 2.81 bits per heavy atom. The lowest BCUT2D eigenvalue weighted by Crippen LogP contribution is -1.79. The molecule has 2 heteroatoms. The zero-order valence-corrected chi connectivity index (χ0v) is 10.1. The average molecular weight is 230 g/mol. The highest BCUT2D eigenvalue weighted by molar-refractivity contribution is 7.98. The normalized spacial score (nSPS) is 8.62. The van der Waals surface area contributed by atoms with Gasteiger partial charge in [0, 0.05) is 23.5 Å². The smallest absolute Gasteiger partial charge is 0.0440 e. The molecule has 0 saturated heterocycles. The third-order valence-corrected chi connectivity index (χ3v) is 2.71. The van der Waals surface area contributed by atoms with Crippen LogP contribution < -0.4 is 0 Å². The predicted molar refractivity (Wildman–Crippen MR) is 69.2 cm³/mol. The second kappa shape index (κ2) is 7.88. The lowest BCUT2D eigenvalue weighted by Gasteiger charge is -1.97. The molecule has 0 aromatic heterocycles. The van der Waals surface area contributed by atoms with Crippen molar-refractivity contribution in [1.82, 2.24) is 0 Å². The third-order valence-electron chi connectivity index (χ3n) is 1.91. The Bertz CT molecular complexity index is 443. The van der Waals surface area contributed by atoms with E-state index in [2.05, 4.69) is 23.7 Å². The molecule has 1 N–H and O–H groups in total. The van der Waals surface area contributed by atoms with Crippen LogP contribution in [0.5, 0.6) is 0 Å². The van der Waals surface area contributed by atoms with E-state index in [1.165, 1.54) is 4.90 Å². The van der Waals surface area contributed by atoms with Gasteiger partial charge in [0.05, 0.1) is 0 Å². The first-order valence-corrected chi connectivity index (χ1v) is 6.33. The Kier molecular flexibility index (Phi) is 6.26. The summed E-state index contributed by atoms with van der Waals surface area (Å²) in [4.78, 5) is 1.17. The van der Waals surface area contributed by atoms with E-state index >= 15 is 0 Å². The molecule has 0 spiro atoms. The maximum Gasteiger partial charge on any atom is 0.0440 e. The van der Waals surface area contributed by atoms with Gasteiger partial charge in [0.15, 0.2) is 0 Å². The molecule has 0 fully saturated rings. The SMILES string of the molecule is CSc1ccccc1C#CC#CCCCO. The molecule has 16 heavy (non-hydrogen) atoms. The van der Waals surface area contributed by atoms with Crippen LogP contribution in [0.1, 0.15) is 18.4 Å². The number of rotatable bonds is 3. The summed E-state index contributed by atoms with van der Waals surface area (Å²) >= 11 is 1.68. The summed E-state index contributed by atoms with van der Waals surface area (Å²) in [6.07, 6.45) is 3.46. The minimum atomic E-state index is 0.192. The number of aliphatic hydroxyl groups excluding tert-OH is 1. The Morgan fingerprint density at radius 2 is 2.06 bits per heavy atom. The van der Waals surface area contributed by atoms with Gasteiger partial charge in [0.25, 0.3) is 0 Å². The van der Waals surface area contributed by atoms with Gasteiger partial charge < -0.3 is 5.11 Å². The fraction of sp³-hybridized carbons (Fsp3) is 0.286. The average Bonchev–Trinajstić information content (AvgIpc) is 2.34. The van der Waals surface area contributed by atoms with Gasteiger partial charge in [-0.3, -0.25) is 0 Å². The highest BCUT2D eigenvalue weighted by Crippen LogP contribution is 2.18. The van der Waals surface area contributed by atoms with Crippen LogP contribution in [0.4, 0.5) is 0 Å². The summed E-state index contributed by atoms with van der Waals surface area (Å²) in [7, 11) is 0. The molecule has 0 atom stereocenters. The van der Waals surface area contributed by atoms with Crippen molar-refractivity contribution in [2.75, 3.05) is 12.9 Å². The van der Waals surface area contributed by atoms with Gasteiger partial charge in [0.2, 0.25) is 0 Å². The van der Waals surface area contributed by atoms with Gasteiger partial charge in [-0.15, -0.1) is 11.8 Å². The molecule has 1 nitrogen and oxygen atoms in total. The van der Waals surface area contributed by atoms with Crippen molar-refractivity contribution in [1.29, 1.82) is 0 Å². The second-order valence-electron chi connectivity index (χ2n) is 3.08. The summed E-state index contributed by atoms with van der Waals surface area (Å²) in [6.45, 7) is 0.192. The highest BCUT2D eigenvalue weighted by atomic mass is 32.2. The fourth-order valence-corrected chi connectivity index (χ4v) is 1.67. The molecule has 0 aliphatic rings. The van der Waals surface area contributed by atoms with Crippen molar-refractivity contribution in [2.45, 2.75) is 17.7 Å². The quantitative estimate of drug-likeness (QED) is 0.489. The Morgan fingerprint density at radius 1 is 1.25 bits per heavy atom. The third kappa shape index (κ3) is 4.45. The van der Waals surface area contributed by atoms with Crippen molar-refractivity contribution in [3.05, 3.63) is 29.8 Å². The topological polar surface area (TPSA) is 20.2 Å². The standard InChI is InChI=1S/C14H14OS/c1-16-14-11-7-6-10-13(14)9-5-3-2-4-8-12-15/h6-7,10-11,15H,4,8,12H2,1H3. The summed E-state index contributed by atoms with van der Waals surface area (Å²) in [5, 5.41) is 8.56. The molecular formula is C14H14OS. The molecular weight excluding hydrogens is 216 g/mol. The molecule has 82 valence electrons. The maximum absolute atomic E-state index is 8.56. The number of benzene rings is 1. The predicted octanol–water partition coefficient (Wildman–Crippen LogP) is 2.54. The number of hydrogen-bond acceptors (Lipinski definition) is 2. The minimum absolute atomic E-state index is 0.192. The molecule has 0 amide bonds. The number of hydrogen-bond donors (Lipinski definition) is 1. The molecule has 0 saturated carbocycles. The Hall–Kier alpha value is -1.35. The first-order chi connectivity index (χ1) is 7.88.